The van der Waals surface area contributed by atoms with Crippen molar-refractivity contribution in [3.8, 4) is 11.4 Å². The van der Waals surface area contributed by atoms with Crippen LogP contribution >= 0.6 is 0 Å². The Kier molecular flexibility index (Phi) is 5.24. The van der Waals surface area contributed by atoms with Crippen LogP contribution in [0.3, 0.4) is 0 Å². The summed E-state index contributed by atoms with van der Waals surface area (Å²) in [5.74, 6) is 0.813. The Morgan fingerprint density at radius 3 is 2.25 bits per heavy atom. The second-order valence-electron chi connectivity index (χ2n) is 6.64. The van der Waals surface area contributed by atoms with Crippen LogP contribution in [-0.4, -0.2) is 21.6 Å². The summed E-state index contributed by atoms with van der Waals surface area (Å²) in [5.41, 5.74) is 6.29. The summed E-state index contributed by atoms with van der Waals surface area (Å²) in [6.07, 6.45) is 1.07. The Hall–Kier alpha value is -3.34. The Morgan fingerprint density at radius 2 is 1.54 bits per heavy atom. The zero-order valence-electron chi connectivity index (χ0n) is 16.2. The lowest BCUT2D eigenvalue weighted by Crippen LogP contribution is -2.01. The number of anilines is 1. The molecule has 0 saturated carbocycles. The van der Waals surface area contributed by atoms with Crippen LogP contribution in [0.15, 0.2) is 66.7 Å². The van der Waals surface area contributed by atoms with E-state index in [0.717, 1.165) is 41.1 Å². The molecular formula is C23H24N4O. The Bertz CT molecular complexity index is 1050. The average Bonchev–Trinajstić information content (AvgIpc) is 3.17. The standard InChI is InChI=1S/C23H24N4O/c1-3-17-5-7-18(8-6-17)16-24-19-9-11-20(12-10-19)27-25-22-14-13-21(28-4-2)15-23(22)26-27/h5-15,24H,3-4,16H2,1-2H3. The zero-order chi connectivity index (χ0) is 19.3. The van der Waals surface area contributed by atoms with Crippen molar-refractivity contribution in [3.63, 3.8) is 0 Å². The van der Waals surface area contributed by atoms with Gasteiger partial charge >= 0.3 is 0 Å². The minimum atomic E-state index is 0.636. The SMILES string of the molecule is CCOc1ccc2nn(-c3ccc(NCc4ccc(CC)cc4)cc3)nc2c1. The van der Waals surface area contributed by atoms with Crippen LogP contribution in [-0.2, 0) is 13.0 Å². The summed E-state index contributed by atoms with van der Waals surface area (Å²) in [6, 6.07) is 22.6. The third-order valence-electron chi connectivity index (χ3n) is 4.69. The maximum Gasteiger partial charge on any atom is 0.121 e. The number of benzene rings is 3. The quantitative estimate of drug-likeness (QED) is 0.496. The Morgan fingerprint density at radius 1 is 0.821 bits per heavy atom. The second-order valence-corrected chi connectivity index (χ2v) is 6.64. The predicted molar refractivity (Wildman–Crippen MR) is 113 cm³/mol. The van der Waals surface area contributed by atoms with Crippen molar-refractivity contribution in [1.82, 2.24) is 15.0 Å². The molecule has 1 heterocycles. The number of rotatable bonds is 7. The molecule has 3 aromatic carbocycles. The molecule has 0 aliphatic rings. The summed E-state index contributed by atoms with van der Waals surface area (Å²) in [5, 5.41) is 12.6. The van der Waals surface area contributed by atoms with Gasteiger partial charge in [-0.1, -0.05) is 31.2 Å². The summed E-state index contributed by atoms with van der Waals surface area (Å²) in [6.45, 7) is 5.57. The second kappa shape index (κ2) is 8.13. The molecule has 4 aromatic rings. The van der Waals surface area contributed by atoms with E-state index < -0.39 is 0 Å². The van der Waals surface area contributed by atoms with Gasteiger partial charge in [0, 0.05) is 18.3 Å². The molecule has 4 rings (SSSR count). The van der Waals surface area contributed by atoms with Crippen LogP contribution < -0.4 is 10.1 Å². The van der Waals surface area contributed by atoms with E-state index in [0.29, 0.717) is 6.61 Å². The molecule has 5 nitrogen and oxygen atoms in total. The smallest absolute Gasteiger partial charge is 0.121 e. The maximum absolute atomic E-state index is 5.54. The highest BCUT2D eigenvalue weighted by atomic mass is 16.5. The molecule has 0 spiro atoms. The van der Waals surface area contributed by atoms with Crippen molar-refractivity contribution >= 4 is 16.7 Å². The van der Waals surface area contributed by atoms with Crippen molar-refractivity contribution in [2.24, 2.45) is 0 Å². The molecule has 0 unspecified atom stereocenters. The number of fused-ring (bicyclic) bond motifs is 1. The molecule has 0 atom stereocenters. The molecule has 1 aromatic heterocycles. The molecular weight excluding hydrogens is 348 g/mol. The molecule has 1 N–H and O–H groups in total. The van der Waals surface area contributed by atoms with Crippen LogP contribution in [0.25, 0.3) is 16.7 Å². The number of hydrogen-bond acceptors (Lipinski definition) is 4. The average molecular weight is 372 g/mol. The van der Waals surface area contributed by atoms with Gasteiger partial charge in [0.1, 0.15) is 16.8 Å². The molecule has 0 amide bonds. The highest BCUT2D eigenvalue weighted by Crippen LogP contribution is 2.20. The van der Waals surface area contributed by atoms with Gasteiger partial charge in [0.05, 0.1) is 12.3 Å². The third-order valence-corrected chi connectivity index (χ3v) is 4.69. The first kappa shape index (κ1) is 18.0. The van der Waals surface area contributed by atoms with Crippen LogP contribution in [0.1, 0.15) is 25.0 Å². The van der Waals surface area contributed by atoms with Gasteiger partial charge in [-0.3, -0.25) is 0 Å². The molecule has 0 fully saturated rings. The van der Waals surface area contributed by atoms with Crippen molar-refractivity contribution in [2.75, 3.05) is 11.9 Å². The number of ether oxygens (including phenoxy) is 1. The van der Waals surface area contributed by atoms with E-state index in [2.05, 4.69) is 58.8 Å². The van der Waals surface area contributed by atoms with Gasteiger partial charge in [-0.15, -0.1) is 10.2 Å². The van der Waals surface area contributed by atoms with E-state index in [1.54, 1.807) is 4.80 Å². The van der Waals surface area contributed by atoms with Gasteiger partial charge in [-0.25, -0.2) is 0 Å². The van der Waals surface area contributed by atoms with Gasteiger partial charge in [-0.2, -0.15) is 4.80 Å². The van der Waals surface area contributed by atoms with Crippen molar-refractivity contribution in [1.29, 1.82) is 0 Å². The van der Waals surface area contributed by atoms with Gasteiger partial charge in [0.2, 0.25) is 0 Å². The molecule has 0 saturated heterocycles. The number of nitrogens with one attached hydrogen (secondary N) is 1. The molecule has 5 heteroatoms. The van der Waals surface area contributed by atoms with Gasteiger partial charge in [-0.05, 0) is 60.9 Å². The van der Waals surface area contributed by atoms with E-state index in [-0.39, 0.29) is 0 Å². The number of nitrogens with zero attached hydrogens (tertiary/aromatic N) is 3. The molecule has 0 radical (unpaired) electrons. The normalized spacial score (nSPS) is 10.9. The molecule has 0 aliphatic carbocycles. The Labute approximate surface area is 165 Å². The molecule has 0 bridgehead atoms. The lowest BCUT2D eigenvalue weighted by molar-refractivity contribution is 0.340. The van der Waals surface area contributed by atoms with Crippen LogP contribution in [0, 0.1) is 0 Å². The zero-order valence-corrected chi connectivity index (χ0v) is 16.2. The monoisotopic (exact) mass is 372 g/mol. The maximum atomic E-state index is 5.54. The van der Waals surface area contributed by atoms with Crippen LogP contribution in [0.2, 0.25) is 0 Å². The fourth-order valence-corrected chi connectivity index (χ4v) is 3.08. The van der Waals surface area contributed by atoms with Gasteiger partial charge < -0.3 is 10.1 Å². The van der Waals surface area contributed by atoms with E-state index >= 15 is 0 Å². The minimum absolute atomic E-state index is 0.636. The third kappa shape index (κ3) is 3.98. The molecule has 142 valence electrons. The van der Waals surface area contributed by atoms with Crippen molar-refractivity contribution in [3.05, 3.63) is 77.9 Å². The first-order valence-electron chi connectivity index (χ1n) is 9.67. The van der Waals surface area contributed by atoms with Crippen molar-refractivity contribution in [2.45, 2.75) is 26.8 Å². The summed E-state index contributed by atoms with van der Waals surface area (Å²) < 4.78 is 5.54. The lowest BCUT2D eigenvalue weighted by atomic mass is 10.1. The van der Waals surface area contributed by atoms with Gasteiger partial charge in [0.15, 0.2) is 0 Å². The molecule has 28 heavy (non-hydrogen) atoms. The first-order chi connectivity index (χ1) is 13.7. The van der Waals surface area contributed by atoms with E-state index in [9.17, 15) is 0 Å². The number of hydrogen-bond donors (Lipinski definition) is 1. The fraction of sp³-hybridized carbons (Fsp3) is 0.217. The summed E-state index contributed by atoms with van der Waals surface area (Å²) in [4.78, 5) is 1.66. The largest absolute Gasteiger partial charge is 0.494 e. The highest BCUT2D eigenvalue weighted by molar-refractivity contribution is 5.75. The van der Waals surface area contributed by atoms with Crippen LogP contribution in [0.4, 0.5) is 5.69 Å². The predicted octanol–water partition coefficient (Wildman–Crippen LogP) is 4.99. The number of aromatic nitrogens is 3. The van der Waals surface area contributed by atoms with Crippen LogP contribution in [0.5, 0.6) is 5.75 Å². The van der Waals surface area contributed by atoms with E-state index in [4.69, 9.17) is 4.74 Å². The number of aryl methyl sites for hydroxylation is 1. The van der Waals surface area contributed by atoms with Gasteiger partial charge in [0.25, 0.3) is 0 Å². The fourth-order valence-electron chi connectivity index (χ4n) is 3.08. The highest BCUT2D eigenvalue weighted by Gasteiger charge is 2.06. The minimum Gasteiger partial charge on any atom is -0.494 e. The van der Waals surface area contributed by atoms with E-state index in [1.165, 1.54) is 11.1 Å². The topological polar surface area (TPSA) is 52.0 Å². The lowest BCUT2D eigenvalue weighted by Gasteiger charge is -2.08. The first-order valence-corrected chi connectivity index (χ1v) is 9.67. The van der Waals surface area contributed by atoms with Crippen molar-refractivity contribution < 1.29 is 4.74 Å². The van der Waals surface area contributed by atoms with E-state index in [1.807, 2.05) is 37.3 Å². The summed E-state index contributed by atoms with van der Waals surface area (Å²) >= 11 is 0. The molecule has 0 aliphatic heterocycles. The Balaban J connectivity index is 1.45. The summed E-state index contributed by atoms with van der Waals surface area (Å²) in [7, 11) is 0.